The number of hydrogen-bond acceptors (Lipinski definition) is 15. The Hall–Kier alpha value is -10.5. The second-order valence-electron chi connectivity index (χ2n) is 41.2. The molecule has 8 aliphatic rings. The normalized spacial score (nSPS) is 19.7. The highest BCUT2D eigenvalue weighted by molar-refractivity contribution is 6.02. The monoisotopic (exact) mass is 1750 g/mol. The summed E-state index contributed by atoms with van der Waals surface area (Å²) in [6, 6.07) is 32.7. The standard InChI is InChI=1S/C26H35N5O2.C26H34N4O2.2C25H33N5O2/c1-16(31-11-8-19(32)9-12-31)25(33)30(4)18-6-5-17-13-22(27-21(17)14-18)24-20-7-10-26(2,3)15-23(20)28-29-24;1-16(17-8-11-32-12-9-17)25(31)30(4)19-6-5-18-13-22(27-21(18)14-19)24-20-7-10-26(2,3)15-23(20)28-29-24;2*1-16(30-9-11-32-12-10-30)24(31)29(4)18-6-5-17-13-21(26-20(17)14-18)23-19-7-8-25(2,3)15-22(19)27-28-23/h5-6,13-14,16,19,27,32H,7-12,15H2,1-4H3,(H,28,29);5-6,13-14,16-17,27H,7-12,15H2,1-4H3,(H,28,29);2*5-6,13-14,16,26H,7-12,15H2,1-4H3,(H,27,28)/t;;16-;/m..0./s1. The van der Waals surface area contributed by atoms with Gasteiger partial charge in [0, 0.05) is 198 Å². The molecular weight excluding hydrogens is 1620 g/mol. The first-order chi connectivity index (χ1) is 61.7. The molecule has 12 aromatic rings. The fourth-order valence-corrected chi connectivity index (χ4v) is 20.8. The molecule has 4 aliphatic heterocycles. The van der Waals surface area contributed by atoms with E-state index < -0.39 is 0 Å². The molecule has 4 fully saturated rings. The Bertz CT molecular complexity index is 5600. The number of aliphatic hydroxyl groups excluding tert-OH is 1. The molecule has 4 saturated heterocycles. The number of ether oxygens (including phenoxy) is 3. The van der Waals surface area contributed by atoms with Gasteiger partial charge in [-0.25, -0.2) is 0 Å². The van der Waals surface area contributed by atoms with E-state index in [-0.39, 0.29) is 53.8 Å². The third kappa shape index (κ3) is 19.5. The van der Waals surface area contributed by atoms with Crippen molar-refractivity contribution in [2.24, 2.45) is 33.5 Å². The lowest BCUT2D eigenvalue weighted by atomic mass is 9.76. The van der Waals surface area contributed by atoms with Crippen molar-refractivity contribution in [1.82, 2.24) is 75.4 Å². The maximum Gasteiger partial charge on any atom is 0.243 e. The molecule has 20 rings (SSSR count). The van der Waals surface area contributed by atoms with E-state index in [0.717, 1.165) is 248 Å². The van der Waals surface area contributed by atoms with E-state index in [9.17, 15) is 24.3 Å². The van der Waals surface area contributed by atoms with Gasteiger partial charge in [0.05, 0.1) is 73.4 Å². The minimum Gasteiger partial charge on any atom is -0.393 e. The van der Waals surface area contributed by atoms with Gasteiger partial charge in [-0.1, -0.05) is 86.6 Å². The van der Waals surface area contributed by atoms with Crippen LogP contribution in [-0.2, 0) is 84.8 Å². The molecule has 4 atom stereocenters. The predicted molar refractivity (Wildman–Crippen MR) is 513 cm³/mol. The van der Waals surface area contributed by atoms with Gasteiger partial charge in [-0.2, -0.15) is 20.4 Å². The van der Waals surface area contributed by atoms with Crippen LogP contribution in [-0.4, -0.2) is 235 Å². The lowest BCUT2D eigenvalue weighted by Crippen LogP contribution is -2.50. The molecule has 4 amide bonds. The van der Waals surface area contributed by atoms with Crippen molar-refractivity contribution in [2.45, 2.75) is 210 Å². The Morgan fingerprint density at radius 3 is 0.899 bits per heavy atom. The van der Waals surface area contributed by atoms with Crippen molar-refractivity contribution in [2.75, 3.05) is 127 Å². The SMILES string of the molecule is CC(C(=O)N(C)c1ccc2cc(-c3n[nH]c4c3CCC(C)(C)C4)[nH]c2c1)C1CCOCC1.CC(C(=O)N(C)c1ccc2cc(-c3n[nH]c4c3CCC(C)(C)C4)[nH]c2c1)N1CCC(O)CC1.CC(C(=O)N(C)c1ccc2cc(-c3n[nH]c4c3CCC(C)(C)C4)[nH]c2c1)N1CCOCC1.C[C@@H](C(=O)N(C)c1ccc2cc(-c3n[nH]c4c3CCC(C)(C)C4)[nH]c2c1)N1CCOCC1. The summed E-state index contributed by atoms with van der Waals surface area (Å²) in [5.41, 5.74) is 27.5. The zero-order valence-corrected chi connectivity index (χ0v) is 78.7. The Labute approximate surface area is 757 Å². The first-order valence-electron chi connectivity index (χ1n) is 47.2. The number of H-pyrrole nitrogens is 8. The van der Waals surface area contributed by atoms with Crippen LogP contribution in [0.5, 0.6) is 0 Å². The van der Waals surface area contributed by atoms with Gasteiger partial charge in [0.15, 0.2) is 0 Å². The van der Waals surface area contributed by atoms with Gasteiger partial charge in [-0.15, -0.1) is 0 Å². The zero-order chi connectivity index (χ0) is 90.7. The lowest BCUT2D eigenvalue weighted by molar-refractivity contribution is -0.125. The summed E-state index contributed by atoms with van der Waals surface area (Å²) in [7, 11) is 7.44. The number of fused-ring (bicyclic) bond motifs is 8. The first-order valence-corrected chi connectivity index (χ1v) is 47.2. The molecule has 0 radical (unpaired) electrons. The number of aliphatic hydroxyl groups is 1. The number of hydrogen-bond donors (Lipinski definition) is 9. The number of carbonyl (C=O) groups excluding carboxylic acids is 4. The summed E-state index contributed by atoms with van der Waals surface area (Å²) < 4.78 is 16.3. The van der Waals surface area contributed by atoms with Crippen LogP contribution in [0.15, 0.2) is 97.1 Å². The summed E-state index contributed by atoms with van der Waals surface area (Å²) >= 11 is 0. The third-order valence-corrected chi connectivity index (χ3v) is 29.6. The molecule has 4 aliphatic carbocycles. The smallest absolute Gasteiger partial charge is 0.243 e. The Morgan fingerprint density at radius 1 is 0.364 bits per heavy atom. The number of morpholine rings is 2. The van der Waals surface area contributed by atoms with Gasteiger partial charge in [0.1, 0.15) is 22.8 Å². The number of aromatic nitrogens is 12. The molecule has 0 saturated carbocycles. The van der Waals surface area contributed by atoms with Crippen LogP contribution in [0.4, 0.5) is 22.7 Å². The molecule has 9 N–H and O–H groups in total. The molecule has 27 heteroatoms. The van der Waals surface area contributed by atoms with E-state index in [1.807, 2.05) is 79.3 Å². The summed E-state index contributed by atoms with van der Waals surface area (Å²) in [5.74, 6) is 0.839. The fourth-order valence-electron chi connectivity index (χ4n) is 20.8. The molecule has 686 valence electrons. The highest BCUT2D eigenvalue weighted by Crippen LogP contribution is 2.45. The molecule has 12 heterocycles. The van der Waals surface area contributed by atoms with Gasteiger partial charge >= 0.3 is 0 Å². The number of rotatable bonds is 16. The second kappa shape index (κ2) is 37.0. The number of nitrogens with zero attached hydrogens (tertiary/aromatic N) is 11. The van der Waals surface area contributed by atoms with Crippen molar-refractivity contribution in [3.63, 3.8) is 0 Å². The van der Waals surface area contributed by atoms with Crippen molar-refractivity contribution < 1.29 is 38.5 Å². The van der Waals surface area contributed by atoms with Gasteiger partial charge in [0.2, 0.25) is 23.6 Å². The highest BCUT2D eigenvalue weighted by atomic mass is 16.5. The molecule has 129 heavy (non-hydrogen) atoms. The summed E-state index contributed by atoms with van der Waals surface area (Å²) in [6.07, 6.45) is 16.2. The van der Waals surface area contributed by atoms with E-state index in [2.05, 4.69) is 204 Å². The van der Waals surface area contributed by atoms with E-state index >= 15 is 0 Å². The minimum atomic E-state index is -0.239. The van der Waals surface area contributed by atoms with Crippen molar-refractivity contribution in [3.05, 3.63) is 142 Å². The predicted octanol–water partition coefficient (Wildman–Crippen LogP) is 16.5. The average molecular weight is 1760 g/mol. The molecule has 27 nitrogen and oxygen atoms in total. The number of amides is 4. The summed E-state index contributed by atoms with van der Waals surface area (Å²) in [5, 5.41) is 46.0. The summed E-state index contributed by atoms with van der Waals surface area (Å²) in [4.78, 5) is 80.3. The Morgan fingerprint density at radius 2 is 0.620 bits per heavy atom. The first kappa shape index (κ1) is 90.4. The second-order valence-corrected chi connectivity index (χ2v) is 41.2. The molecule has 4 aromatic carbocycles. The molecule has 0 spiro atoms. The quantitative estimate of drug-likeness (QED) is 0.0434. The third-order valence-electron chi connectivity index (χ3n) is 29.6. The number of likely N-dealkylation sites (tertiary alicyclic amines) is 1. The number of piperidine rings is 1. The van der Waals surface area contributed by atoms with Crippen LogP contribution in [0.1, 0.15) is 179 Å². The van der Waals surface area contributed by atoms with Gasteiger partial charge in [-0.3, -0.25) is 54.3 Å². The average Bonchev–Trinajstić information content (AvgIpc) is 1.63. The molecular formula is C102H135N19O8. The number of aromatic amines is 8. The number of likely N-dealkylation sites (N-methyl/N-ethyl adjacent to an activating group) is 3. The topological polar surface area (TPSA) is 317 Å². The molecule has 0 bridgehead atoms. The number of nitrogens with one attached hydrogen (secondary N) is 8. The van der Waals surface area contributed by atoms with Crippen LogP contribution in [0.25, 0.3) is 89.2 Å². The molecule has 3 unspecified atom stereocenters. The van der Waals surface area contributed by atoms with Crippen LogP contribution in [0.3, 0.4) is 0 Å². The Balaban J connectivity index is 0.000000121. The summed E-state index contributed by atoms with van der Waals surface area (Å²) in [6.45, 7) is 35.5. The molecule has 8 aromatic heterocycles. The van der Waals surface area contributed by atoms with E-state index in [4.69, 9.17) is 14.2 Å². The Kier molecular flexibility index (Phi) is 26.0. The maximum absolute atomic E-state index is 13.2. The van der Waals surface area contributed by atoms with Crippen LogP contribution < -0.4 is 19.6 Å². The number of anilines is 4. The zero-order valence-electron chi connectivity index (χ0n) is 78.7. The maximum atomic E-state index is 13.2. The fraction of sp³-hybridized carbons (Fsp3) is 0.529. The van der Waals surface area contributed by atoms with Crippen molar-refractivity contribution >= 4 is 90.0 Å². The highest BCUT2D eigenvalue weighted by Gasteiger charge is 2.38. The van der Waals surface area contributed by atoms with Crippen LogP contribution in [0, 0.1) is 33.5 Å². The van der Waals surface area contributed by atoms with Gasteiger partial charge in [0.25, 0.3) is 0 Å². The van der Waals surface area contributed by atoms with Gasteiger partial charge in [-0.05, 0) is 224 Å². The largest absolute Gasteiger partial charge is 0.393 e. The van der Waals surface area contributed by atoms with Crippen molar-refractivity contribution in [1.29, 1.82) is 0 Å². The lowest BCUT2D eigenvalue weighted by Gasteiger charge is -2.35. The van der Waals surface area contributed by atoms with E-state index in [0.29, 0.717) is 54.0 Å². The van der Waals surface area contributed by atoms with Gasteiger partial charge < -0.3 is 58.9 Å². The van der Waals surface area contributed by atoms with E-state index in [1.54, 1.807) is 19.6 Å². The minimum absolute atomic E-state index is 0.00127. The van der Waals surface area contributed by atoms with E-state index in [1.165, 1.54) is 64.3 Å². The van der Waals surface area contributed by atoms with Crippen LogP contribution >= 0.6 is 0 Å². The number of benzene rings is 4. The van der Waals surface area contributed by atoms with Crippen LogP contribution in [0.2, 0.25) is 0 Å². The van der Waals surface area contributed by atoms with Crippen molar-refractivity contribution in [3.8, 4) is 45.6 Å². The number of carbonyl (C=O) groups is 4.